The third kappa shape index (κ3) is 4.49. The normalized spacial score (nSPS) is 19.0. The lowest BCUT2D eigenvalue weighted by atomic mass is 10.1. The maximum absolute atomic E-state index is 12.9. The summed E-state index contributed by atoms with van der Waals surface area (Å²) in [7, 11) is -2.21. The number of carbonyl (C=O) groups excluding carboxylic acids is 1. The average molecular weight is 404 g/mol. The zero-order valence-electron chi connectivity index (χ0n) is 14.9. The van der Waals surface area contributed by atoms with E-state index in [1.165, 1.54) is 17.5 Å². The second kappa shape index (κ2) is 9.03. The molecule has 7 nitrogen and oxygen atoms in total. The molecular formula is C17H26ClN3O4S. The predicted octanol–water partition coefficient (Wildman–Crippen LogP) is 1.38. The van der Waals surface area contributed by atoms with Crippen molar-refractivity contribution in [2.45, 2.75) is 36.6 Å². The third-order valence-electron chi connectivity index (χ3n) is 4.78. The minimum absolute atomic E-state index is 0. The van der Waals surface area contributed by atoms with E-state index >= 15 is 0 Å². The van der Waals surface area contributed by atoms with Crippen molar-refractivity contribution in [1.82, 2.24) is 14.9 Å². The molecule has 1 amide bonds. The molecule has 2 fully saturated rings. The fraction of sp³-hybridized carbons (Fsp3) is 0.588. The van der Waals surface area contributed by atoms with Gasteiger partial charge in [0.25, 0.3) is 5.91 Å². The van der Waals surface area contributed by atoms with Crippen LogP contribution in [0.2, 0.25) is 0 Å². The molecule has 0 aromatic heterocycles. The van der Waals surface area contributed by atoms with Crippen molar-refractivity contribution >= 4 is 28.3 Å². The highest BCUT2D eigenvalue weighted by molar-refractivity contribution is 7.89. The number of ether oxygens (including phenoxy) is 1. The van der Waals surface area contributed by atoms with Gasteiger partial charge in [-0.1, -0.05) is 0 Å². The summed E-state index contributed by atoms with van der Waals surface area (Å²) in [5.74, 6) is 0.0257. The van der Waals surface area contributed by atoms with Crippen LogP contribution in [0, 0.1) is 0 Å². The molecule has 26 heavy (non-hydrogen) atoms. The summed E-state index contributed by atoms with van der Waals surface area (Å²) in [6.07, 6.45) is 3.47. The van der Waals surface area contributed by atoms with Gasteiger partial charge in [0, 0.05) is 24.7 Å². The first-order valence-electron chi connectivity index (χ1n) is 8.72. The fourth-order valence-electron chi connectivity index (χ4n) is 3.32. The van der Waals surface area contributed by atoms with E-state index in [9.17, 15) is 13.2 Å². The van der Waals surface area contributed by atoms with Gasteiger partial charge < -0.3 is 15.4 Å². The zero-order valence-corrected chi connectivity index (χ0v) is 16.5. The van der Waals surface area contributed by atoms with Gasteiger partial charge in [-0.25, -0.2) is 8.42 Å². The number of carbonyl (C=O) groups is 1. The van der Waals surface area contributed by atoms with Gasteiger partial charge in [-0.3, -0.25) is 4.79 Å². The lowest BCUT2D eigenvalue weighted by Crippen LogP contribution is -2.42. The lowest BCUT2D eigenvalue weighted by molar-refractivity contribution is 0.0929. The van der Waals surface area contributed by atoms with Crippen molar-refractivity contribution in [1.29, 1.82) is 0 Å². The van der Waals surface area contributed by atoms with E-state index in [-0.39, 0.29) is 35.0 Å². The molecule has 0 bridgehead atoms. The van der Waals surface area contributed by atoms with Gasteiger partial charge in [-0.05, 0) is 57.0 Å². The highest BCUT2D eigenvalue weighted by Crippen LogP contribution is 2.29. The second-order valence-corrected chi connectivity index (χ2v) is 8.38. The molecule has 2 N–H and O–H groups in total. The summed E-state index contributed by atoms with van der Waals surface area (Å²) in [5.41, 5.74) is 0.345. The number of sulfonamides is 1. The van der Waals surface area contributed by atoms with Crippen LogP contribution in [0.4, 0.5) is 0 Å². The Morgan fingerprint density at radius 1 is 1.23 bits per heavy atom. The Hall–Kier alpha value is -1.35. The molecule has 1 aromatic carbocycles. The Balaban J connectivity index is 0.00000243. The van der Waals surface area contributed by atoms with Gasteiger partial charge in [-0.15, -0.1) is 12.4 Å². The number of hydrogen-bond acceptors (Lipinski definition) is 5. The van der Waals surface area contributed by atoms with Crippen LogP contribution in [-0.4, -0.2) is 58.0 Å². The zero-order chi connectivity index (χ0) is 17.9. The van der Waals surface area contributed by atoms with Crippen molar-refractivity contribution in [3.8, 4) is 5.75 Å². The Bertz CT molecular complexity index is 730. The van der Waals surface area contributed by atoms with E-state index < -0.39 is 10.0 Å². The van der Waals surface area contributed by atoms with E-state index in [1.54, 1.807) is 12.1 Å². The molecule has 0 unspecified atom stereocenters. The number of nitrogens with zero attached hydrogens (tertiary/aromatic N) is 1. The molecule has 2 saturated heterocycles. The standard InChI is InChI=1S/C17H25N3O4S.ClH/c1-24-15-5-4-13(17(21)19-14-6-8-18-9-7-14)12-16(15)25(22,23)20-10-2-3-11-20;/h4-5,12,14,18H,2-3,6-11H2,1H3,(H,19,21);1H. The van der Waals surface area contributed by atoms with Crippen LogP contribution in [0.1, 0.15) is 36.0 Å². The van der Waals surface area contributed by atoms with E-state index in [4.69, 9.17) is 4.74 Å². The molecule has 0 atom stereocenters. The minimum atomic E-state index is -3.65. The van der Waals surface area contributed by atoms with Crippen molar-refractivity contribution in [3.63, 3.8) is 0 Å². The summed E-state index contributed by atoms with van der Waals surface area (Å²) in [6, 6.07) is 4.72. The monoisotopic (exact) mass is 403 g/mol. The van der Waals surface area contributed by atoms with Gasteiger partial charge in [-0.2, -0.15) is 4.31 Å². The third-order valence-corrected chi connectivity index (χ3v) is 6.70. The molecule has 2 heterocycles. The van der Waals surface area contributed by atoms with E-state index in [1.807, 2.05) is 0 Å². The minimum Gasteiger partial charge on any atom is -0.495 e. The van der Waals surface area contributed by atoms with Gasteiger partial charge in [0.15, 0.2) is 0 Å². The lowest BCUT2D eigenvalue weighted by Gasteiger charge is -2.24. The Morgan fingerprint density at radius 3 is 2.50 bits per heavy atom. The van der Waals surface area contributed by atoms with Crippen molar-refractivity contribution < 1.29 is 17.9 Å². The van der Waals surface area contributed by atoms with Gasteiger partial charge >= 0.3 is 0 Å². The number of halogens is 1. The first-order chi connectivity index (χ1) is 12.0. The number of hydrogen-bond donors (Lipinski definition) is 2. The van der Waals surface area contributed by atoms with Crippen molar-refractivity contribution in [2.24, 2.45) is 0 Å². The predicted molar refractivity (Wildman–Crippen MR) is 102 cm³/mol. The second-order valence-electron chi connectivity index (χ2n) is 6.47. The van der Waals surface area contributed by atoms with Crippen LogP contribution in [0.5, 0.6) is 5.75 Å². The summed E-state index contributed by atoms with van der Waals surface area (Å²) < 4.78 is 32.5. The number of rotatable bonds is 5. The highest BCUT2D eigenvalue weighted by Gasteiger charge is 2.31. The smallest absolute Gasteiger partial charge is 0.251 e. The van der Waals surface area contributed by atoms with Gasteiger partial charge in [0.2, 0.25) is 10.0 Å². The topological polar surface area (TPSA) is 87.7 Å². The molecule has 2 aliphatic rings. The summed E-state index contributed by atoms with van der Waals surface area (Å²) in [5, 5.41) is 6.24. The van der Waals surface area contributed by atoms with E-state index in [0.29, 0.717) is 18.7 Å². The first kappa shape index (κ1) is 21.0. The molecule has 3 rings (SSSR count). The molecule has 1 aromatic rings. The van der Waals surface area contributed by atoms with Crippen molar-refractivity contribution in [2.75, 3.05) is 33.3 Å². The van der Waals surface area contributed by atoms with Crippen LogP contribution in [-0.2, 0) is 10.0 Å². The van der Waals surface area contributed by atoms with Crippen LogP contribution in [0.25, 0.3) is 0 Å². The van der Waals surface area contributed by atoms with Gasteiger partial charge in [0.05, 0.1) is 7.11 Å². The summed E-state index contributed by atoms with van der Waals surface area (Å²) in [6.45, 7) is 2.78. The van der Waals surface area contributed by atoms with Crippen molar-refractivity contribution in [3.05, 3.63) is 23.8 Å². The van der Waals surface area contributed by atoms with Gasteiger partial charge in [0.1, 0.15) is 10.6 Å². The number of piperidine rings is 1. The number of benzene rings is 1. The Labute approximate surface area is 160 Å². The average Bonchev–Trinajstić information content (AvgIpc) is 3.17. The molecule has 0 aliphatic carbocycles. The van der Waals surface area contributed by atoms with Crippen LogP contribution in [0.15, 0.2) is 23.1 Å². The maximum Gasteiger partial charge on any atom is 0.251 e. The molecule has 0 saturated carbocycles. The van der Waals surface area contributed by atoms with E-state index in [0.717, 1.165) is 38.8 Å². The number of methoxy groups -OCH3 is 1. The van der Waals surface area contributed by atoms with Crippen LogP contribution < -0.4 is 15.4 Å². The molecule has 9 heteroatoms. The molecular weight excluding hydrogens is 378 g/mol. The largest absolute Gasteiger partial charge is 0.495 e. The Morgan fingerprint density at radius 2 is 1.88 bits per heavy atom. The summed E-state index contributed by atoms with van der Waals surface area (Å²) in [4.78, 5) is 12.6. The van der Waals surface area contributed by atoms with Crippen LogP contribution >= 0.6 is 12.4 Å². The first-order valence-corrected chi connectivity index (χ1v) is 10.2. The fourth-order valence-corrected chi connectivity index (χ4v) is 5.02. The number of nitrogens with one attached hydrogen (secondary N) is 2. The SMILES string of the molecule is COc1ccc(C(=O)NC2CCNCC2)cc1S(=O)(=O)N1CCCC1.Cl. The molecule has 0 radical (unpaired) electrons. The molecule has 0 spiro atoms. The maximum atomic E-state index is 12.9. The summed E-state index contributed by atoms with van der Waals surface area (Å²) >= 11 is 0. The van der Waals surface area contributed by atoms with E-state index in [2.05, 4.69) is 10.6 Å². The molecule has 146 valence electrons. The van der Waals surface area contributed by atoms with Crippen LogP contribution in [0.3, 0.4) is 0 Å². The number of amides is 1. The quantitative estimate of drug-likeness (QED) is 0.775. The highest BCUT2D eigenvalue weighted by atomic mass is 35.5. The molecule has 2 aliphatic heterocycles. The Kier molecular flexibility index (Phi) is 7.28.